The van der Waals surface area contributed by atoms with E-state index < -0.39 is 11.7 Å². The molecule has 0 aliphatic heterocycles. The van der Waals surface area contributed by atoms with Crippen LogP contribution >= 0.6 is 12.4 Å². The van der Waals surface area contributed by atoms with Crippen molar-refractivity contribution in [2.75, 3.05) is 19.6 Å². The Labute approximate surface area is 146 Å². The van der Waals surface area contributed by atoms with Gasteiger partial charge in [-0.15, -0.1) is 12.4 Å². The minimum Gasteiger partial charge on any atom is -0.329 e. The largest absolute Gasteiger partial charge is 0.418 e. The fourth-order valence-corrected chi connectivity index (χ4v) is 2.42. The molecule has 0 aliphatic rings. The molecular formula is C17H21ClF3N3. The lowest BCUT2D eigenvalue weighted by Crippen LogP contribution is -2.32. The van der Waals surface area contributed by atoms with E-state index in [1.165, 1.54) is 12.3 Å². The zero-order chi connectivity index (χ0) is 16.7. The molecule has 0 bridgehead atoms. The van der Waals surface area contributed by atoms with Crippen LogP contribution in [0.1, 0.15) is 16.8 Å². The Morgan fingerprint density at radius 1 is 1.00 bits per heavy atom. The van der Waals surface area contributed by atoms with Crippen LogP contribution in [0.25, 0.3) is 0 Å². The Kier molecular flexibility index (Phi) is 8.18. The van der Waals surface area contributed by atoms with Crippen LogP contribution in [0.4, 0.5) is 13.2 Å². The van der Waals surface area contributed by atoms with Gasteiger partial charge < -0.3 is 5.73 Å². The molecule has 24 heavy (non-hydrogen) atoms. The van der Waals surface area contributed by atoms with Gasteiger partial charge >= 0.3 is 6.18 Å². The van der Waals surface area contributed by atoms with Gasteiger partial charge in [0, 0.05) is 32.4 Å². The van der Waals surface area contributed by atoms with E-state index in [0.717, 1.165) is 18.1 Å². The molecule has 0 saturated carbocycles. The number of pyridine rings is 1. The molecule has 132 valence electrons. The number of halogens is 4. The van der Waals surface area contributed by atoms with Crippen molar-refractivity contribution in [2.45, 2.75) is 19.1 Å². The molecule has 2 aromatic rings. The van der Waals surface area contributed by atoms with E-state index in [1.807, 2.05) is 35.2 Å². The summed E-state index contributed by atoms with van der Waals surface area (Å²) in [6, 6.07) is 12.2. The normalized spacial score (nSPS) is 11.4. The first-order valence-electron chi connectivity index (χ1n) is 7.48. The second-order valence-electron chi connectivity index (χ2n) is 5.30. The number of hydrogen-bond acceptors (Lipinski definition) is 3. The topological polar surface area (TPSA) is 42.1 Å². The molecule has 1 aromatic carbocycles. The van der Waals surface area contributed by atoms with Crippen LogP contribution in [0.2, 0.25) is 0 Å². The van der Waals surface area contributed by atoms with Gasteiger partial charge in [-0.1, -0.05) is 30.3 Å². The Balaban J connectivity index is 0.00000288. The van der Waals surface area contributed by atoms with Gasteiger partial charge in [0.15, 0.2) is 0 Å². The Hall–Kier alpha value is -1.63. The number of rotatable bonds is 7. The quantitative estimate of drug-likeness (QED) is 0.822. The van der Waals surface area contributed by atoms with Crippen molar-refractivity contribution in [3.63, 3.8) is 0 Å². The predicted octanol–water partition coefficient (Wildman–Crippen LogP) is 3.53. The number of alkyl halides is 3. The van der Waals surface area contributed by atoms with Crippen molar-refractivity contribution in [2.24, 2.45) is 5.73 Å². The summed E-state index contributed by atoms with van der Waals surface area (Å²) >= 11 is 0. The summed E-state index contributed by atoms with van der Waals surface area (Å²) in [6.07, 6.45) is -2.24. The number of nitrogens with zero attached hydrogens (tertiary/aromatic N) is 2. The second kappa shape index (κ2) is 9.61. The molecule has 3 nitrogen and oxygen atoms in total. The second-order valence-corrected chi connectivity index (χ2v) is 5.30. The van der Waals surface area contributed by atoms with Crippen LogP contribution in [0.3, 0.4) is 0 Å². The average Bonchev–Trinajstić information content (AvgIpc) is 2.53. The highest BCUT2D eigenvalue weighted by molar-refractivity contribution is 5.85. The highest BCUT2D eigenvalue weighted by Crippen LogP contribution is 2.31. The van der Waals surface area contributed by atoms with Crippen molar-refractivity contribution in [3.05, 3.63) is 65.5 Å². The van der Waals surface area contributed by atoms with Gasteiger partial charge in [-0.3, -0.25) is 9.88 Å². The minimum absolute atomic E-state index is 0. The van der Waals surface area contributed by atoms with Gasteiger partial charge in [-0.25, -0.2) is 0 Å². The third kappa shape index (κ3) is 6.11. The van der Waals surface area contributed by atoms with Gasteiger partial charge in [-0.05, 0) is 24.1 Å². The van der Waals surface area contributed by atoms with Crippen LogP contribution in [-0.4, -0.2) is 29.5 Å². The summed E-state index contributed by atoms with van der Waals surface area (Å²) in [6.45, 7) is 1.69. The molecule has 2 N–H and O–H groups in total. The van der Waals surface area contributed by atoms with Gasteiger partial charge in [0.25, 0.3) is 0 Å². The van der Waals surface area contributed by atoms with Gasteiger partial charge in [0.1, 0.15) is 0 Å². The highest BCUT2D eigenvalue weighted by atomic mass is 35.5. The molecule has 0 unspecified atom stereocenters. The lowest BCUT2D eigenvalue weighted by molar-refractivity contribution is -0.138. The lowest BCUT2D eigenvalue weighted by Gasteiger charge is -2.23. The fourth-order valence-electron chi connectivity index (χ4n) is 2.42. The lowest BCUT2D eigenvalue weighted by atomic mass is 10.1. The smallest absolute Gasteiger partial charge is 0.329 e. The third-order valence-electron chi connectivity index (χ3n) is 3.57. The van der Waals surface area contributed by atoms with Crippen molar-refractivity contribution >= 4 is 12.4 Å². The van der Waals surface area contributed by atoms with Gasteiger partial charge in [0.2, 0.25) is 0 Å². The standard InChI is InChI=1S/C17H20F3N3.ClH/c18-17(19,20)15-7-4-10-22-16(15)13-23(12-9-21)11-8-14-5-2-1-3-6-14;/h1-7,10H,8-9,11-13,21H2;1H. The maximum atomic E-state index is 13.1. The molecule has 1 heterocycles. The van der Waals surface area contributed by atoms with Gasteiger partial charge in [-0.2, -0.15) is 13.2 Å². The molecular weight excluding hydrogens is 339 g/mol. The first kappa shape index (κ1) is 20.4. The van der Waals surface area contributed by atoms with E-state index in [0.29, 0.717) is 19.6 Å². The van der Waals surface area contributed by atoms with E-state index >= 15 is 0 Å². The third-order valence-corrected chi connectivity index (χ3v) is 3.57. The zero-order valence-corrected chi connectivity index (χ0v) is 14.0. The molecule has 0 aliphatic carbocycles. The average molecular weight is 360 g/mol. The summed E-state index contributed by atoms with van der Waals surface area (Å²) < 4.78 is 39.2. The molecule has 1 aromatic heterocycles. The highest BCUT2D eigenvalue weighted by Gasteiger charge is 2.34. The van der Waals surface area contributed by atoms with Crippen LogP contribution in [0.15, 0.2) is 48.7 Å². The van der Waals surface area contributed by atoms with Crippen LogP contribution in [0, 0.1) is 0 Å². The molecule has 0 saturated heterocycles. The molecule has 7 heteroatoms. The molecule has 0 radical (unpaired) electrons. The zero-order valence-electron chi connectivity index (χ0n) is 13.2. The first-order chi connectivity index (χ1) is 11.0. The predicted molar refractivity (Wildman–Crippen MR) is 91.0 cm³/mol. The fraction of sp³-hybridized carbons (Fsp3) is 0.353. The summed E-state index contributed by atoms with van der Waals surface area (Å²) in [5.74, 6) is 0. The first-order valence-corrected chi connectivity index (χ1v) is 7.48. The van der Waals surface area contributed by atoms with Crippen molar-refractivity contribution in [1.82, 2.24) is 9.88 Å². The number of benzene rings is 1. The monoisotopic (exact) mass is 359 g/mol. The summed E-state index contributed by atoms with van der Waals surface area (Å²) in [4.78, 5) is 5.83. The minimum atomic E-state index is -4.39. The van der Waals surface area contributed by atoms with Crippen molar-refractivity contribution in [3.8, 4) is 0 Å². The maximum absolute atomic E-state index is 13.1. The summed E-state index contributed by atoms with van der Waals surface area (Å²) in [5.41, 5.74) is 6.10. The van der Waals surface area contributed by atoms with Crippen molar-refractivity contribution in [1.29, 1.82) is 0 Å². The van der Waals surface area contributed by atoms with Crippen molar-refractivity contribution < 1.29 is 13.2 Å². The molecule has 0 spiro atoms. The Bertz CT molecular complexity index is 606. The summed E-state index contributed by atoms with van der Waals surface area (Å²) in [5, 5.41) is 0. The van der Waals surface area contributed by atoms with E-state index in [4.69, 9.17) is 5.73 Å². The Morgan fingerprint density at radius 3 is 2.33 bits per heavy atom. The Morgan fingerprint density at radius 2 is 1.71 bits per heavy atom. The maximum Gasteiger partial charge on any atom is 0.418 e. The van der Waals surface area contributed by atoms with E-state index in [-0.39, 0.29) is 24.6 Å². The van der Waals surface area contributed by atoms with E-state index in [9.17, 15) is 13.2 Å². The molecule has 0 atom stereocenters. The van der Waals surface area contributed by atoms with Crippen LogP contribution < -0.4 is 5.73 Å². The molecule has 2 rings (SSSR count). The van der Waals surface area contributed by atoms with Gasteiger partial charge in [0.05, 0.1) is 11.3 Å². The molecule has 0 amide bonds. The number of hydrogen-bond donors (Lipinski definition) is 1. The van der Waals surface area contributed by atoms with Crippen LogP contribution in [-0.2, 0) is 19.1 Å². The van der Waals surface area contributed by atoms with E-state index in [1.54, 1.807) is 0 Å². The molecule has 0 fully saturated rings. The SMILES string of the molecule is Cl.NCCN(CCc1ccccc1)Cc1ncccc1C(F)(F)F. The van der Waals surface area contributed by atoms with Crippen LogP contribution in [0.5, 0.6) is 0 Å². The summed E-state index contributed by atoms with van der Waals surface area (Å²) in [7, 11) is 0. The van der Waals surface area contributed by atoms with E-state index in [2.05, 4.69) is 4.98 Å². The number of nitrogens with two attached hydrogens (primary N) is 1. The number of aromatic nitrogens is 1.